The van der Waals surface area contributed by atoms with Crippen LogP contribution in [0.4, 0.5) is 10.6 Å². The van der Waals surface area contributed by atoms with Crippen molar-refractivity contribution in [3.8, 4) is 0 Å². The fourth-order valence-electron chi connectivity index (χ4n) is 3.47. The van der Waals surface area contributed by atoms with Crippen LogP contribution in [0.5, 0.6) is 0 Å². The smallest absolute Gasteiger partial charge is 0.407 e. The van der Waals surface area contributed by atoms with E-state index in [9.17, 15) is 4.79 Å². The molecular weight excluding hydrogens is 356 g/mol. The molecule has 2 aliphatic rings. The zero-order valence-corrected chi connectivity index (χ0v) is 16.4. The lowest BCUT2D eigenvalue weighted by Crippen LogP contribution is -2.50. The number of rotatable bonds is 3. The summed E-state index contributed by atoms with van der Waals surface area (Å²) in [6.45, 7) is 6.70. The zero-order valence-electron chi connectivity index (χ0n) is 15.6. The van der Waals surface area contributed by atoms with Crippen LogP contribution >= 0.6 is 11.6 Å². The van der Waals surface area contributed by atoms with Crippen LogP contribution in [-0.2, 0) is 22.5 Å². The summed E-state index contributed by atoms with van der Waals surface area (Å²) < 4.78 is 11.0. The van der Waals surface area contributed by atoms with Crippen molar-refractivity contribution in [2.24, 2.45) is 0 Å². The first-order chi connectivity index (χ1) is 12.3. The van der Waals surface area contributed by atoms with Crippen LogP contribution in [0.1, 0.15) is 57.6 Å². The van der Waals surface area contributed by atoms with Crippen molar-refractivity contribution in [1.82, 2.24) is 15.5 Å². The molecule has 2 atom stereocenters. The minimum atomic E-state index is -0.514. The van der Waals surface area contributed by atoms with E-state index < -0.39 is 5.60 Å². The number of carbonyl (C=O) groups is 1. The van der Waals surface area contributed by atoms with Gasteiger partial charge in [0.05, 0.1) is 19.3 Å². The first-order valence-electron chi connectivity index (χ1n) is 9.21. The number of hydrogen-bond acceptors (Lipinski definition) is 6. The highest BCUT2D eigenvalue weighted by Gasteiger charge is 2.30. The van der Waals surface area contributed by atoms with Gasteiger partial charge in [0.1, 0.15) is 5.60 Å². The Kier molecular flexibility index (Phi) is 5.87. The molecular formula is C18H27ClN4O3. The minimum Gasteiger partial charge on any atom is -0.444 e. The molecule has 3 rings (SSSR count). The molecule has 8 heteroatoms. The summed E-state index contributed by atoms with van der Waals surface area (Å²) in [7, 11) is 0. The lowest BCUT2D eigenvalue weighted by Gasteiger charge is -2.34. The Labute approximate surface area is 159 Å². The normalized spacial score (nSPS) is 23.1. The topological polar surface area (TPSA) is 85.4 Å². The van der Waals surface area contributed by atoms with E-state index in [-0.39, 0.29) is 18.2 Å². The van der Waals surface area contributed by atoms with E-state index in [0.29, 0.717) is 24.2 Å². The van der Waals surface area contributed by atoms with Gasteiger partial charge in [-0.2, -0.15) is 0 Å². The van der Waals surface area contributed by atoms with Crippen LogP contribution < -0.4 is 10.6 Å². The summed E-state index contributed by atoms with van der Waals surface area (Å²) in [5, 5.41) is 15.2. The van der Waals surface area contributed by atoms with Gasteiger partial charge in [-0.25, -0.2) is 4.79 Å². The van der Waals surface area contributed by atoms with E-state index in [0.717, 1.165) is 43.2 Å². The second kappa shape index (κ2) is 7.96. The van der Waals surface area contributed by atoms with Gasteiger partial charge in [0.25, 0.3) is 0 Å². The van der Waals surface area contributed by atoms with Crippen molar-refractivity contribution in [1.29, 1.82) is 0 Å². The summed E-state index contributed by atoms with van der Waals surface area (Å²) >= 11 is 6.19. The van der Waals surface area contributed by atoms with Crippen LogP contribution in [0.15, 0.2) is 0 Å². The Morgan fingerprint density at radius 2 is 1.92 bits per heavy atom. The number of alkyl carbamates (subject to hydrolysis) is 1. The molecule has 2 heterocycles. The Morgan fingerprint density at radius 1 is 1.19 bits per heavy atom. The second-order valence-corrected chi connectivity index (χ2v) is 8.25. The highest BCUT2D eigenvalue weighted by atomic mass is 35.5. The van der Waals surface area contributed by atoms with E-state index in [2.05, 4.69) is 20.8 Å². The number of halogens is 1. The maximum Gasteiger partial charge on any atom is 0.407 e. The molecule has 2 N–H and O–H groups in total. The Morgan fingerprint density at radius 3 is 2.65 bits per heavy atom. The largest absolute Gasteiger partial charge is 0.444 e. The Bertz CT molecular complexity index is 663. The average Bonchev–Trinajstić information content (AvgIpc) is 2.57. The Balaban J connectivity index is 1.72. The number of hydrogen-bond donors (Lipinski definition) is 2. The third-order valence-corrected chi connectivity index (χ3v) is 4.97. The molecule has 0 spiro atoms. The van der Waals surface area contributed by atoms with Crippen molar-refractivity contribution >= 4 is 23.5 Å². The molecule has 1 aromatic heterocycles. The summed E-state index contributed by atoms with van der Waals surface area (Å²) in [5.74, 6) is 0.701. The van der Waals surface area contributed by atoms with Gasteiger partial charge in [-0.15, -0.1) is 10.2 Å². The standard InChI is InChI=1S/C18H27ClN4O3/c1-18(2,3)26-17(24)21-14-7-5-4-6-13(14)20-16-12-10-25-9-8-11(12)15(19)22-23-16/h13-14H,4-10H2,1-3H3,(H,20,23)(H,21,24)/t13-,14-/m1/s1. The first kappa shape index (κ1) is 19.2. The van der Waals surface area contributed by atoms with Crippen LogP contribution in [0.2, 0.25) is 5.15 Å². The summed E-state index contributed by atoms with van der Waals surface area (Å²) in [6.07, 6.45) is 4.37. The Hall–Kier alpha value is -1.60. The predicted molar refractivity (Wildman–Crippen MR) is 99.4 cm³/mol. The summed E-state index contributed by atoms with van der Waals surface area (Å²) in [4.78, 5) is 12.2. The van der Waals surface area contributed by atoms with Crippen LogP contribution in [0.25, 0.3) is 0 Å². The van der Waals surface area contributed by atoms with Crippen molar-refractivity contribution in [3.63, 3.8) is 0 Å². The molecule has 1 saturated carbocycles. The number of ether oxygens (including phenoxy) is 2. The van der Waals surface area contributed by atoms with Gasteiger partial charge in [0.2, 0.25) is 0 Å². The summed E-state index contributed by atoms with van der Waals surface area (Å²) in [6, 6.07) is 0.0500. The van der Waals surface area contributed by atoms with Gasteiger partial charge < -0.3 is 20.1 Å². The van der Waals surface area contributed by atoms with E-state index in [4.69, 9.17) is 21.1 Å². The number of nitrogens with one attached hydrogen (secondary N) is 2. The van der Waals surface area contributed by atoms with E-state index in [1.54, 1.807) is 0 Å². The van der Waals surface area contributed by atoms with Crippen LogP contribution in [-0.4, -0.2) is 40.6 Å². The molecule has 0 saturated heterocycles. The van der Waals surface area contributed by atoms with Gasteiger partial charge >= 0.3 is 6.09 Å². The van der Waals surface area contributed by atoms with Crippen molar-refractivity contribution < 1.29 is 14.3 Å². The zero-order chi connectivity index (χ0) is 18.7. The highest BCUT2D eigenvalue weighted by Crippen LogP contribution is 2.30. The van der Waals surface area contributed by atoms with E-state index in [1.165, 1.54) is 0 Å². The highest BCUT2D eigenvalue weighted by molar-refractivity contribution is 6.30. The monoisotopic (exact) mass is 382 g/mol. The number of carbonyl (C=O) groups excluding carboxylic acids is 1. The van der Waals surface area contributed by atoms with Crippen molar-refractivity contribution in [3.05, 3.63) is 16.3 Å². The van der Waals surface area contributed by atoms with E-state index >= 15 is 0 Å². The average molecular weight is 383 g/mol. The molecule has 1 aliphatic heterocycles. The maximum absolute atomic E-state index is 12.2. The third-order valence-electron chi connectivity index (χ3n) is 4.67. The van der Waals surface area contributed by atoms with Gasteiger partial charge in [0.15, 0.2) is 11.0 Å². The number of aromatic nitrogens is 2. The minimum absolute atomic E-state index is 0.0174. The molecule has 0 bridgehead atoms. The summed E-state index contributed by atoms with van der Waals surface area (Å²) in [5.41, 5.74) is 1.46. The maximum atomic E-state index is 12.2. The predicted octanol–water partition coefficient (Wildman–Crippen LogP) is 3.45. The van der Waals surface area contributed by atoms with Gasteiger partial charge in [-0.3, -0.25) is 0 Å². The van der Waals surface area contributed by atoms with Gasteiger partial charge in [-0.05, 0) is 40.0 Å². The molecule has 7 nitrogen and oxygen atoms in total. The number of amides is 1. The number of fused-ring (bicyclic) bond motifs is 1. The van der Waals surface area contributed by atoms with Crippen LogP contribution in [0, 0.1) is 0 Å². The third kappa shape index (κ3) is 4.76. The van der Waals surface area contributed by atoms with Crippen LogP contribution in [0.3, 0.4) is 0 Å². The van der Waals surface area contributed by atoms with Gasteiger partial charge in [-0.1, -0.05) is 24.4 Å². The quantitative estimate of drug-likeness (QED) is 0.832. The SMILES string of the molecule is CC(C)(C)OC(=O)N[C@@H]1CCCC[C@H]1Nc1nnc(Cl)c2c1COCC2. The fraction of sp³-hybridized carbons (Fsp3) is 0.722. The number of nitrogens with zero attached hydrogens (tertiary/aromatic N) is 2. The molecule has 1 aliphatic carbocycles. The van der Waals surface area contributed by atoms with Crippen molar-refractivity contribution in [2.75, 3.05) is 11.9 Å². The molecule has 26 heavy (non-hydrogen) atoms. The molecule has 144 valence electrons. The lowest BCUT2D eigenvalue weighted by molar-refractivity contribution is 0.0488. The van der Waals surface area contributed by atoms with Crippen molar-refractivity contribution in [2.45, 2.75) is 77.2 Å². The van der Waals surface area contributed by atoms with E-state index in [1.807, 2.05) is 20.8 Å². The van der Waals surface area contributed by atoms with Gasteiger partial charge in [0, 0.05) is 17.2 Å². The molecule has 0 aromatic carbocycles. The molecule has 1 fully saturated rings. The fourth-order valence-corrected chi connectivity index (χ4v) is 3.71. The molecule has 1 aromatic rings. The first-order valence-corrected chi connectivity index (χ1v) is 9.59. The second-order valence-electron chi connectivity index (χ2n) is 7.89. The lowest BCUT2D eigenvalue weighted by atomic mass is 9.90. The number of anilines is 1. The molecule has 1 amide bonds. The molecule has 0 unspecified atom stereocenters. The molecule has 0 radical (unpaired) electrons.